The van der Waals surface area contributed by atoms with E-state index in [-0.39, 0.29) is 6.04 Å². The Bertz CT molecular complexity index is 480. The summed E-state index contributed by atoms with van der Waals surface area (Å²) >= 11 is 6.17. The number of nitrogens with zero attached hydrogens (tertiary/aromatic N) is 1. The lowest BCUT2D eigenvalue weighted by Gasteiger charge is -2.10. The summed E-state index contributed by atoms with van der Waals surface area (Å²) < 4.78 is 0. The molecule has 0 saturated carbocycles. The van der Waals surface area contributed by atoms with Gasteiger partial charge < -0.3 is 5.73 Å². The maximum Gasteiger partial charge on any atom is 0.0445 e. The van der Waals surface area contributed by atoms with Gasteiger partial charge in [-0.3, -0.25) is 4.98 Å². The molecule has 0 aliphatic rings. The van der Waals surface area contributed by atoms with Crippen LogP contribution in [0.1, 0.15) is 12.5 Å². The second-order valence-corrected chi connectivity index (χ2v) is 4.21. The minimum atomic E-state index is 0.112. The van der Waals surface area contributed by atoms with Gasteiger partial charge in [0.2, 0.25) is 0 Å². The number of pyridine rings is 1. The van der Waals surface area contributed by atoms with E-state index in [0.717, 1.165) is 27.8 Å². The Kier molecular flexibility index (Phi) is 2.89. The van der Waals surface area contributed by atoms with E-state index < -0.39 is 0 Å². The fourth-order valence-corrected chi connectivity index (χ4v) is 1.98. The van der Waals surface area contributed by atoms with Crippen molar-refractivity contribution >= 4 is 22.4 Å². The molecule has 0 fully saturated rings. The number of hydrogen-bond acceptors (Lipinski definition) is 2. The molecule has 2 nitrogen and oxygen atoms in total. The SMILES string of the molecule is CC(N)Cc1c(Cl)ccc2cnccc12. The monoisotopic (exact) mass is 220 g/mol. The van der Waals surface area contributed by atoms with E-state index in [9.17, 15) is 0 Å². The third kappa shape index (κ3) is 2.11. The number of rotatable bonds is 2. The Morgan fingerprint density at radius 2 is 2.20 bits per heavy atom. The van der Waals surface area contributed by atoms with Crippen LogP contribution in [0.2, 0.25) is 5.02 Å². The first-order valence-corrected chi connectivity index (χ1v) is 5.33. The van der Waals surface area contributed by atoms with Gasteiger partial charge in [0, 0.05) is 28.8 Å². The molecule has 1 aromatic carbocycles. The van der Waals surface area contributed by atoms with E-state index in [0.29, 0.717) is 0 Å². The summed E-state index contributed by atoms with van der Waals surface area (Å²) in [4.78, 5) is 4.09. The summed E-state index contributed by atoms with van der Waals surface area (Å²) in [7, 11) is 0. The molecule has 2 aromatic rings. The van der Waals surface area contributed by atoms with Crippen molar-refractivity contribution in [2.24, 2.45) is 5.73 Å². The van der Waals surface area contributed by atoms with Crippen LogP contribution in [-0.4, -0.2) is 11.0 Å². The molecule has 0 aliphatic carbocycles. The largest absolute Gasteiger partial charge is 0.328 e. The maximum absolute atomic E-state index is 6.17. The van der Waals surface area contributed by atoms with Crippen LogP contribution >= 0.6 is 11.6 Å². The van der Waals surface area contributed by atoms with E-state index in [1.807, 2.05) is 31.3 Å². The van der Waals surface area contributed by atoms with Crippen LogP contribution in [0, 0.1) is 0 Å². The normalized spacial score (nSPS) is 13.0. The van der Waals surface area contributed by atoms with Crippen LogP contribution < -0.4 is 5.73 Å². The van der Waals surface area contributed by atoms with Crippen molar-refractivity contribution in [3.05, 3.63) is 41.2 Å². The first-order chi connectivity index (χ1) is 7.18. The zero-order valence-electron chi connectivity index (χ0n) is 8.57. The molecule has 1 unspecified atom stereocenters. The van der Waals surface area contributed by atoms with E-state index in [1.165, 1.54) is 0 Å². The van der Waals surface area contributed by atoms with Crippen molar-refractivity contribution in [3.63, 3.8) is 0 Å². The third-order valence-corrected chi connectivity index (χ3v) is 2.75. The zero-order chi connectivity index (χ0) is 10.8. The fourth-order valence-electron chi connectivity index (χ4n) is 1.74. The standard InChI is InChI=1S/C12H13ClN2/c1-8(14)6-11-10-4-5-15-7-9(10)2-3-12(11)13/h2-5,7-8H,6,14H2,1H3. The second-order valence-electron chi connectivity index (χ2n) is 3.80. The van der Waals surface area contributed by atoms with Gasteiger partial charge in [-0.15, -0.1) is 0 Å². The summed E-state index contributed by atoms with van der Waals surface area (Å²) in [5.41, 5.74) is 6.93. The van der Waals surface area contributed by atoms with Crippen molar-refractivity contribution in [2.75, 3.05) is 0 Å². The van der Waals surface area contributed by atoms with Gasteiger partial charge in [-0.1, -0.05) is 17.7 Å². The Hall–Kier alpha value is -1.12. The molecule has 3 heteroatoms. The van der Waals surface area contributed by atoms with E-state index in [2.05, 4.69) is 4.98 Å². The number of halogens is 1. The Labute approximate surface area is 94.1 Å². The molecule has 0 radical (unpaired) electrons. The first-order valence-electron chi connectivity index (χ1n) is 4.95. The lowest BCUT2D eigenvalue weighted by molar-refractivity contribution is 0.742. The summed E-state index contributed by atoms with van der Waals surface area (Å²) in [6.45, 7) is 1.98. The minimum absolute atomic E-state index is 0.112. The van der Waals surface area contributed by atoms with Crippen molar-refractivity contribution in [1.82, 2.24) is 4.98 Å². The predicted octanol–water partition coefficient (Wildman–Crippen LogP) is 2.78. The van der Waals surface area contributed by atoms with Crippen molar-refractivity contribution in [1.29, 1.82) is 0 Å². The highest BCUT2D eigenvalue weighted by Crippen LogP contribution is 2.26. The van der Waals surface area contributed by atoms with Gasteiger partial charge in [0.25, 0.3) is 0 Å². The van der Waals surface area contributed by atoms with Gasteiger partial charge in [-0.25, -0.2) is 0 Å². The number of hydrogen-bond donors (Lipinski definition) is 1. The number of aromatic nitrogens is 1. The molecule has 0 bridgehead atoms. The highest BCUT2D eigenvalue weighted by atomic mass is 35.5. The second kappa shape index (κ2) is 4.17. The molecule has 1 heterocycles. The molecule has 0 spiro atoms. The van der Waals surface area contributed by atoms with Crippen LogP contribution in [0.5, 0.6) is 0 Å². The highest BCUT2D eigenvalue weighted by molar-refractivity contribution is 6.32. The van der Waals surface area contributed by atoms with Gasteiger partial charge in [0.05, 0.1) is 0 Å². The molecule has 0 saturated heterocycles. The molecule has 78 valence electrons. The summed E-state index contributed by atoms with van der Waals surface area (Å²) in [6, 6.07) is 5.98. The summed E-state index contributed by atoms with van der Waals surface area (Å²) in [6.07, 6.45) is 4.42. The number of nitrogens with two attached hydrogens (primary N) is 1. The average molecular weight is 221 g/mol. The van der Waals surface area contributed by atoms with Crippen molar-refractivity contribution in [3.8, 4) is 0 Å². The Morgan fingerprint density at radius 3 is 2.93 bits per heavy atom. The Morgan fingerprint density at radius 1 is 1.40 bits per heavy atom. The van der Waals surface area contributed by atoms with E-state index in [1.54, 1.807) is 6.20 Å². The molecular formula is C12H13ClN2. The van der Waals surface area contributed by atoms with Gasteiger partial charge in [0.15, 0.2) is 0 Å². The number of fused-ring (bicyclic) bond motifs is 1. The topological polar surface area (TPSA) is 38.9 Å². The summed E-state index contributed by atoms with van der Waals surface area (Å²) in [5, 5.41) is 3.04. The number of benzene rings is 1. The fraction of sp³-hybridized carbons (Fsp3) is 0.250. The van der Waals surface area contributed by atoms with Gasteiger partial charge in [-0.05, 0) is 36.4 Å². The van der Waals surface area contributed by atoms with Crippen LogP contribution in [0.25, 0.3) is 10.8 Å². The predicted molar refractivity (Wildman–Crippen MR) is 64.1 cm³/mol. The molecule has 2 N–H and O–H groups in total. The lowest BCUT2D eigenvalue weighted by Crippen LogP contribution is -2.18. The van der Waals surface area contributed by atoms with Crippen LogP contribution in [0.4, 0.5) is 0 Å². The Balaban J connectivity index is 2.63. The quantitative estimate of drug-likeness (QED) is 0.846. The minimum Gasteiger partial charge on any atom is -0.328 e. The van der Waals surface area contributed by atoms with Crippen molar-refractivity contribution < 1.29 is 0 Å². The van der Waals surface area contributed by atoms with Crippen LogP contribution in [0.15, 0.2) is 30.6 Å². The zero-order valence-corrected chi connectivity index (χ0v) is 9.33. The van der Waals surface area contributed by atoms with E-state index >= 15 is 0 Å². The molecule has 2 rings (SSSR count). The molecule has 15 heavy (non-hydrogen) atoms. The highest BCUT2D eigenvalue weighted by Gasteiger charge is 2.07. The molecular weight excluding hydrogens is 208 g/mol. The third-order valence-electron chi connectivity index (χ3n) is 2.40. The molecule has 0 amide bonds. The van der Waals surface area contributed by atoms with Crippen molar-refractivity contribution in [2.45, 2.75) is 19.4 Å². The lowest BCUT2D eigenvalue weighted by atomic mass is 10.0. The van der Waals surface area contributed by atoms with E-state index in [4.69, 9.17) is 17.3 Å². The molecule has 1 aromatic heterocycles. The molecule has 1 atom stereocenters. The molecule has 0 aliphatic heterocycles. The summed E-state index contributed by atoms with van der Waals surface area (Å²) in [5.74, 6) is 0. The van der Waals surface area contributed by atoms with Crippen LogP contribution in [0.3, 0.4) is 0 Å². The smallest absolute Gasteiger partial charge is 0.0445 e. The van der Waals surface area contributed by atoms with Crippen LogP contribution in [-0.2, 0) is 6.42 Å². The average Bonchev–Trinajstić information content (AvgIpc) is 2.22. The first kappa shape index (κ1) is 10.4. The van der Waals surface area contributed by atoms with Gasteiger partial charge in [0.1, 0.15) is 0 Å². The van der Waals surface area contributed by atoms with Gasteiger partial charge >= 0.3 is 0 Å². The van der Waals surface area contributed by atoms with Gasteiger partial charge in [-0.2, -0.15) is 0 Å². The maximum atomic E-state index is 6.17.